The zero-order valence-electron chi connectivity index (χ0n) is 10.0. The van der Waals surface area contributed by atoms with Gasteiger partial charge in [0, 0.05) is 16.5 Å². The number of aliphatic hydroxyl groups is 2. The summed E-state index contributed by atoms with van der Waals surface area (Å²) in [6.45, 7) is 1.60. The second kappa shape index (κ2) is 7.63. The van der Waals surface area contributed by atoms with E-state index in [1.165, 1.54) is 11.8 Å². The summed E-state index contributed by atoms with van der Waals surface area (Å²) in [6, 6.07) is 5.31. The van der Waals surface area contributed by atoms with Gasteiger partial charge in [0.15, 0.2) is 0 Å². The maximum absolute atomic E-state index is 11.6. The van der Waals surface area contributed by atoms with Crippen LogP contribution in [0.4, 0.5) is 5.69 Å². The van der Waals surface area contributed by atoms with E-state index in [1.807, 2.05) is 13.0 Å². The average Bonchev–Trinajstić information content (AvgIpc) is 2.33. The Kier molecular flexibility index (Phi) is 6.49. The Morgan fingerprint density at radius 1 is 1.56 bits per heavy atom. The molecule has 1 aromatic carbocycles. The molecule has 1 rings (SSSR count). The zero-order valence-corrected chi connectivity index (χ0v) is 11.6. The van der Waals surface area contributed by atoms with Gasteiger partial charge < -0.3 is 15.5 Å². The minimum atomic E-state index is -0.781. The number of carbonyl (C=O) groups is 1. The first kappa shape index (κ1) is 15.3. The number of carbonyl (C=O) groups excluding carboxylic acids is 1. The van der Waals surface area contributed by atoms with E-state index in [0.29, 0.717) is 16.5 Å². The Morgan fingerprint density at radius 2 is 2.28 bits per heavy atom. The first-order valence-electron chi connectivity index (χ1n) is 5.45. The number of anilines is 1. The van der Waals surface area contributed by atoms with Crippen LogP contribution in [0.1, 0.15) is 5.56 Å². The van der Waals surface area contributed by atoms with Crippen molar-refractivity contribution in [2.24, 2.45) is 0 Å². The summed E-state index contributed by atoms with van der Waals surface area (Å²) in [6.07, 6.45) is -0.781. The number of hydrogen-bond acceptors (Lipinski definition) is 4. The van der Waals surface area contributed by atoms with E-state index in [-0.39, 0.29) is 18.3 Å². The second-order valence-corrected chi connectivity index (χ2v) is 5.30. The lowest BCUT2D eigenvalue weighted by Gasteiger charge is -2.08. The lowest BCUT2D eigenvalue weighted by Crippen LogP contribution is -2.19. The van der Waals surface area contributed by atoms with Gasteiger partial charge in [-0.1, -0.05) is 17.7 Å². The van der Waals surface area contributed by atoms with Crippen LogP contribution in [0.5, 0.6) is 0 Å². The maximum Gasteiger partial charge on any atom is 0.234 e. The summed E-state index contributed by atoms with van der Waals surface area (Å²) >= 11 is 7.21. The number of thioether (sulfide) groups is 1. The molecule has 0 bridgehead atoms. The quantitative estimate of drug-likeness (QED) is 0.745. The van der Waals surface area contributed by atoms with Gasteiger partial charge in [-0.2, -0.15) is 0 Å². The van der Waals surface area contributed by atoms with Crippen molar-refractivity contribution in [1.82, 2.24) is 0 Å². The van der Waals surface area contributed by atoms with Crippen molar-refractivity contribution < 1.29 is 15.0 Å². The molecule has 0 fully saturated rings. The number of aryl methyl sites for hydroxylation is 1. The number of aliphatic hydroxyl groups excluding tert-OH is 2. The van der Waals surface area contributed by atoms with E-state index >= 15 is 0 Å². The molecule has 18 heavy (non-hydrogen) atoms. The van der Waals surface area contributed by atoms with Gasteiger partial charge >= 0.3 is 0 Å². The molecule has 4 nitrogen and oxygen atoms in total. The van der Waals surface area contributed by atoms with Gasteiger partial charge in [-0.25, -0.2) is 0 Å². The van der Waals surface area contributed by atoms with E-state index < -0.39 is 6.10 Å². The molecular weight excluding hydrogens is 274 g/mol. The number of halogens is 1. The Morgan fingerprint density at radius 3 is 2.89 bits per heavy atom. The third-order valence-corrected chi connectivity index (χ3v) is 3.70. The fourth-order valence-corrected chi connectivity index (χ4v) is 2.14. The van der Waals surface area contributed by atoms with Crippen molar-refractivity contribution >= 4 is 35.0 Å². The Bertz CT molecular complexity index is 414. The zero-order chi connectivity index (χ0) is 13.5. The average molecular weight is 290 g/mol. The fourth-order valence-electron chi connectivity index (χ4n) is 1.21. The smallest absolute Gasteiger partial charge is 0.234 e. The van der Waals surface area contributed by atoms with Crippen LogP contribution in [0.2, 0.25) is 5.02 Å². The number of hydrogen-bond donors (Lipinski definition) is 3. The SMILES string of the molecule is Cc1ccc(NC(=O)CSCC(O)CO)cc1Cl. The first-order valence-corrected chi connectivity index (χ1v) is 6.99. The lowest BCUT2D eigenvalue weighted by atomic mass is 10.2. The molecule has 3 N–H and O–H groups in total. The summed E-state index contributed by atoms with van der Waals surface area (Å²) in [5.74, 6) is 0.395. The van der Waals surface area contributed by atoms with Crippen LogP contribution in [0.25, 0.3) is 0 Å². The minimum absolute atomic E-state index is 0.162. The Balaban J connectivity index is 2.38. The summed E-state index contributed by atoms with van der Waals surface area (Å²) < 4.78 is 0. The van der Waals surface area contributed by atoms with Crippen molar-refractivity contribution in [2.75, 3.05) is 23.4 Å². The molecule has 1 aromatic rings. The molecule has 0 saturated heterocycles. The summed E-state index contributed by atoms with van der Waals surface area (Å²) in [7, 11) is 0. The fraction of sp³-hybridized carbons (Fsp3) is 0.417. The van der Waals surface area contributed by atoms with Crippen LogP contribution >= 0.6 is 23.4 Å². The van der Waals surface area contributed by atoms with Gasteiger partial charge in [0.05, 0.1) is 18.5 Å². The van der Waals surface area contributed by atoms with Crippen LogP contribution in [-0.2, 0) is 4.79 Å². The number of rotatable bonds is 6. The molecule has 0 radical (unpaired) electrons. The number of amides is 1. The van der Waals surface area contributed by atoms with Crippen LogP contribution in [0.15, 0.2) is 18.2 Å². The Labute approximate surface area is 115 Å². The summed E-state index contributed by atoms with van der Waals surface area (Å²) in [4.78, 5) is 11.6. The van der Waals surface area contributed by atoms with E-state index in [0.717, 1.165) is 5.56 Å². The van der Waals surface area contributed by atoms with Crippen molar-refractivity contribution in [1.29, 1.82) is 0 Å². The maximum atomic E-state index is 11.6. The molecule has 1 unspecified atom stereocenters. The lowest BCUT2D eigenvalue weighted by molar-refractivity contribution is -0.113. The number of benzene rings is 1. The van der Waals surface area contributed by atoms with Crippen LogP contribution in [0, 0.1) is 6.92 Å². The number of nitrogens with one attached hydrogen (secondary N) is 1. The standard InChI is InChI=1S/C12H16ClNO3S/c1-8-2-3-9(4-11(8)13)14-12(17)7-18-6-10(16)5-15/h2-4,10,15-16H,5-7H2,1H3,(H,14,17). The topological polar surface area (TPSA) is 69.6 Å². The van der Waals surface area contributed by atoms with Gasteiger partial charge in [-0.05, 0) is 24.6 Å². The molecule has 6 heteroatoms. The van der Waals surface area contributed by atoms with Crippen molar-refractivity contribution in [3.63, 3.8) is 0 Å². The van der Waals surface area contributed by atoms with Crippen LogP contribution in [-0.4, -0.2) is 40.3 Å². The molecule has 0 aromatic heterocycles. The van der Waals surface area contributed by atoms with Gasteiger partial charge in [-0.3, -0.25) is 4.79 Å². The molecule has 0 aliphatic carbocycles. The van der Waals surface area contributed by atoms with E-state index in [9.17, 15) is 4.79 Å². The van der Waals surface area contributed by atoms with E-state index in [1.54, 1.807) is 12.1 Å². The van der Waals surface area contributed by atoms with E-state index in [4.69, 9.17) is 21.8 Å². The summed E-state index contributed by atoms with van der Waals surface area (Å²) in [5.41, 5.74) is 1.61. The van der Waals surface area contributed by atoms with Crippen LogP contribution in [0.3, 0.4) is 0 Å². The predicted octanol–water partition coefficient (Wildman–Crippen LogP) is 1.67. The highest BCUT2D eigenvalue weighted by Gasteiger charge is 2.07. The molecule has 100 valence electrons. The molecule has 0 heterocycles. The highest BCUT2D eigenvalue weighted by Crippen LogP contribution is 2.20. The molecule has 0 aliphatic rings. The molecule has 0 aliphatic heterocycles. The van der Waals surface area contributed by atoms with E-state index in [2.05, 4.69) is 5.32 Å². The van der Waals surface area contributed by atoms with Crippen molar-refractivity contribution in [2.45, 2.75) is 13.0 Å². The molecule has 0 saturated carbocycles. The molecular formula is C12H16ClNO3S. The van der Waals surface area contributed by atoms with Crippen LogP contribution < -0.4 is 5.32 Å². The molecule has 1 atom stereocenters. The van der Waals surface area contributed by atoms with Crippen molar-refractivity contribution in [3.05, 3.63) is 28.8 Å². The third-order valence-electron chi connectivity index (χ3n) is 2.21. The van der Waals surface area contributed by atoms with Gasteiger partial charge in [0.1, 0.15) is 0 Å². The second-order valence-electron chi connectivity index (χ2n) is 3.86. The minimum Gasteiger partial charge on any atom is -0.394 e. The van der Waals surface area contributed by atoms with Gasteiger partial charge in [-0.15, -0.1) is 11.8 Å². The molecule has 1 amide bonds. The predicted molar refractivity (Wildman–Crippen MR) is 75.2 cm³/mol. The summed E-state index contributed by atoms with van der Waals surface area (Å²) in [5, 5.41) is 21.0. The Hall–Kier alpha value is -0.750. The van der Waals surface area contributed by atoms with Gasteiger partial charge in [0.25, 0.3) is 0 Å². The normalized spacial score (nSPS) is 12.2. The third kappa shape index (κ3) is 5.27. The first-order chi connectivity index (χ1) is 8.52. The van der Waals surface area contributed by atoms with Crippen molar-refractivity contribution in [3.8, 4) is 0 Å². The largest absolute Gasteiger partial charge is 0.394 e. The highest BCUT2D eigenvalue weighted by molar-refractivity contribution is 8.00. The molecule has 0 spiro atoms. The van der Waals surface area contributed by atoms with Gasteiger partial charge in [0.2, 0.25) is 5.91 Å². The monoisotopic (exact) mass is 289 g/mol. The highest BCUT2D eigenvalue weighted by atomic mass is 35.5.